The van der Waals surface area contributed by atoms with Crippen LogP contribution in [0.4, 0.5) is 5.95 Å². The van der Waals surface area contributed by atoms with E-state index in [4.69, 9.17) is 21.4 Å². The van der Waals surface area contributed by atoms with Crippen LogP contribution in [0.5, 0.6) is 0 Å². The first-order chi connectivity index (χ1) is 8.56. The van der Waals surface area contributed by atoms with Crippen LogP contribution >= 0.6 is 11.6 Å². The number of hydrogen-bond donors (Lipinski definition) is 2. The molecule has 2 atom stereocenters. The third kappa shape index (κ3) is 2.93. The van der Waals surface area contributed by atoms with Gasteiger partial charge in [-0.2, -0.15) is 0 Å². The van der Waals surface area contributed by atoms with Crippen molar-refractivity contribution in [3.05, 3.63) is 17.4 Å². The van der Waals surface area contributed by atoms with Gasteiger partial charge in [-0.15, -0.1) is 0 Å². The first kappa shape index (κ1) is 12.7. The van der Waals surface area contributed by atoms with Crippen molar-refractivity contribution in [1.82, 2.24) is 9.97 Å². The summed E-state index contributed by atoms with van der Waals surface area (Å²) in [5.41, 5.74) is 0. The molecule has 1 aliphatic rings. The lowest BCUT2D eigenvalue weighted by atomic mass is 10.2. The van der Waals surface area contributed by atoms with E-state index in [-0.39, 0.29) is 11.1 Å². The van der Waals surface area contributed by atoms with Gasteiger partial charge in [-0.1, -0.05) is 11.6 Å². The average Bonchev–Trinajstić information content (AvgIpc) is 2.78. The highest BCUT2D eigenvalue weighted by Crippen LogP contribution is 2.20. The first-order valence-corrected chi connectivity index (χ1v) is 5.62. The molecular weight excluding hydrogens is 262 g/mol. The van der Waals surface area contributed by atoms with Gasteiger partial charge < -0.3 is 9.84 Å². The number of halogens is 1. The topological polar surface area (TPSA) is 101 Å². The molecule has 0 aliphatic carbocycles. The zero-order valence-corrected chi connectivity index (χ0v) is 9.92. The van der Waals surface area contributed by atoms with Crippen molar-refractivity contribution in [1.29, 1.82) is 0 Å². The number of ether oxygens (including phenoxy) is 1. The molecule has 1 fully saturated rings. The maximum atomic E-state index is 11.7. The summed E-state index contributed by atoms with van der Waals surface area (Å²) in [7, 11) is 0. The molecule has 18 heavy (non-hydrogen) atoms. The van der Waals surface area contributed by atoms with Crippen LogP contribution in [-0.2, 0) is 14.3 Å². The maximum absolute atomic E-state index is 11.7. The van der Waals surface area contributed by atoms with E-state index in [1.807, 2.05) is 0 Å². The van der Waals surface area contributed by atoms with Crippen LogP contribution in [0.3, 0.4) is 0 Å². The Balaban J connectivity index is 1.95. The summed E-state index contributed by atoms with van der Waals surface area (Å²) < 4.78 is 5.09. The second-order valence-electron chi connectivity index (χ2n) is 3.72. The normalized spacial score (nSPS) is 22.7. The second kappa shape index (κ2) is 5.28. The second-order valence-corrected chi connectivity index (χ2v) is 4.11. The summed E-state index contributed by atoms with van der Waals surface area (Å²) in [6, 6.07) is 1.48. The molecule has 0 bridgehead atoms. The molecule has 2 N–H and O–H groups in total. The Kier molecular flexibility index (Phi) is 3.73. The summed E-state index contributed by atoms with van der Waals surface area (Å²) in [5.74, 6) is -1.47. The van der Waals surface area contributed by atoms with Gasteiger partial charge in [-0.3, -0.25) is 10.1 Å². The van der Waals surface area contributed by atoms with Crippen LogP contribution in [0.25, 0.3) is 0 Å². The summed E-state index contributed by atoms with van der Waals surface area (Å²) in [4.78, 5) is 30.0. The number of carboxylic acid groups (broad SMARTS) is 1. The third-order valence-corrected chi connectivity index (χ3v) is 2.65. The lowest BCUT2D eigenvalue weighted by Gasteiger charge is -2.10. The van der Waals surface area contributed by atoms with Gasteiger partial charge in [0.25, 0.3) is 5.91 Å². The van der Waals surface area contributed by atoms with E-state index < -0.39 is 24.1 Å². The van der Waals surface area contributed by atoms with E-state index >= 15 is 0 Å². The molecule has 1 aromatic rings. The summed E-state index contributed by atoms with van der Waals surface area (Å²) in [5, 5.41) is 11.4. The fourth-order valence-corrected chi connectivity index (χ4v) is 1.74. The smallest absolute Gasteiger partial charge is 0.332 e. The van der Waals surface area contributed by atoms with Gasteiger partial charge in [0.05, 0.1) is 0 Å². The van der Waals surface area contributed by atoms with Gasteiger partial charge in [0.15, 0.2) is 6.10 Å². The molecule has 0 saturated carbocycles. The number of carbonyl (C=O) groups is 2. The minimum atomic E-state index is -1.07. The van der Waals surface area contributed by atoms with E-state index in [9.17, 15) is 9.59 Å². The standard InChI is InChI=1S/C10H10ClN3O4/c11-7-3-4-12-10(13-7)14-8(15)5-1-2-6(18-5)9(16)17/h3-6H,1-2H2,(H,16,17)(H,12,13,14,15). The van der Waals surface area contributed by atoms with Crippen LogP contribution in [0, 0.1) is 0 Å². The average molecular weight is 272 g/mol. The Morgan fingerprint density at radius 1 is 1.44 bits per heavy atom. The van der Waals surface area contributed by atoms with Gasteiger partial charge in [0, 0.05) is 6.20 Å². The fraction of sp³-hybridized carbons (Fsp3) is 0.400. The molecule has 2 heterocycles. The lowest BCUT2D eigenvalue weighted by molar-refractivity contribution is -0.150. The number of carbonyl (C=O) groups excluding carboxylic acids is 1. The van der Waals surface area contributed by atoms with Gasteiger partial charge in [-0.25, -0.2) is 14.8 Å². The van der Waals surface area contributed by atoms with Crippen molar-refractivity contribution in [2.24, 2.45) is 0 Å². The number of anilines is 1. The molecule has 2 rings (SSSR count). The van der Waals surface area contributed by atoms with Crippen molar-refractivity contribution in [3.8, 4) is 0 Å². The molecule has 0 radical (unpaired) electrons. The maximum Gasteiger partial charge on any atom is 0.332 e. The minimum Gasteiger partial charge on any atom is -0.479 e. The molecule has 1 amide bonds. The van der Waals surface area contributed by atoms with E-state index in [0.717, 1.165) is 0 Å². The predicted octanol–water partition coefficient (Wildman–Crippen LogP) is 0.701. The van der Waals surface area contributed by atoms with Gasteiger partial charge in [-0.05, 0) is 18.9 Å². The number of rotatable bonds is 3. The lowest BCUT2D eigenvalue weighted by Crippen LogP contribution is -2.30. The Morgan fingerprint density at radius 2 is 2.17 bits per heavy atom. The van der Waals surface area contributed by atoms with Crippen molar-refractivity contribution in [2.75, 3.05) is 5.32 Å². The van der Waals surface area contributed by atoms with Crippen molar-refractivity contribution >= 4 is 29.4 Å². The van der Waals surface area contributed by atoms with E-state index in [1.54, 1.807) is 0 Å². The molecule has 0 aromatic carbocycles. The molecule has 1 aliphatic heterocycles. The van der Waals surface area contributed by atoms with E-state index in [1.165, 1.54) is 12.3 Å². The monoisotopic (exact) mass is 271 g/mol. The predicted molar refractivity (Wildman–Crippen MR) is 61.2 cm³/mol. The first-order valence-electron chi connectivity index (χ1n) is 5.24. The van der Waals surface area contributed by atoms with Crippen LogP contribution in [0.1, 0.15) is 12.8 Å². The van der Waals surface area contributed by atoms with Gasteiger partial charge in [0.2, 0.25) is 5.95 Å². The zero-order chi connectivity index (χ0) is 13.1. The highest BCUT2D eigenvalue weighted by molar-refractivity contribution is 6.29. The Morgan fingerprint density at radius 3 is 2.78 bits per heavy atom. The van der Waals surface area contributed by atoms with Crippen LogP contribution in [0.15, 0.2) is 12.3 Å². The molecule has 96 valence electrons. The number of aromatic nitrogens is 2. The minimum absolute atomic E-state index is 0.0647. The highest BCUT2D eigenvalue weighted by atomic mass is 35.5. The zero-order valence-electron chi connectivity index (χ0n) is 9.17. The van der Waals surface area contributed by atoms with Gasteiger partial charge >= 0.3 is 5.97 Å². The number of carboxylic acids is 1. The summed E-state index contributed by atoms with van der Waals surface area (Å²) in [6.07, 6.45) is 0.336. The molecule has 7 nitrogen and oxygen atoms in total. The highest BCUT2D eigenvalue weighted by Gasteiger charge is 2.34. The molecular formula is C10H10ClN3O4. The third-order valence-electron chi connectivity index (χ3n) is 2.44. The van der Waals surface area contributed by atoms with Crippen LogP contribution in [-0.4, -0.2) is 39.2 Å². The summed E-state index contributed by atoms with van der Waals surface area (Å²) in [6.45, 7) is 0. The summed E-state index contributed by atoms with van der Waals surface area (Å²) >= 11 is 5.64. The number of nitrogens with zero attached hydrogens (tertiary/aromatic N) is 2. The van der Waals surface area contributed by atoms with Crippen LogP contribution in [0.2, 0.25) is 5.15 Å². The Bertz CT molecular complexity index is 482. The number of amides is 1. The molecule has 0 spiro atoms. The number of hydrogen-bond acceptors (Lipinski definition) is 5. The Hall–Kier alpha value is -1.73. The SMILES string of the molecule is O=C(O)C1CCC(C(=O)Nc2nccc(Cl)n2)O1. The fourth-order valence-electron chi connectivity index (χ4n) is 1.60. The molecule has 1 saturated heterocycles. The largest absolute Gasteiger partial charge is 0.479 e. The van der Waals surface area contributed by atoms with Gasteiger partial charge in [0.1, 0.15) is 11.3 Å². The molecule has 8 heteroatoms. The van der Waals surface area contributed by atoms with E-state index in [0.29, 0.717) is 12.8 Å². The quantitative estimate of drug-likeness (QED) is 0.785. The van der Waals surface area contributed by atoms with Crippen molar-refractivity contribution in [2.45, 2.75) is 25.0 Å². The molecule has 2 unspecified atom stereocenters. The van der Waals surface area contributed by atoms with Crippen molar-refractivity contribution < 1.29 is 19.4 Å². The molecule has 1 aromatic heterocycles. The number of nitrogens with one attached hydrogen (secondary N) is 1. The number of aliphatic carboxylic acids is 1. The van der Waals surface area contributed by atoms with E-state index in [2.05, 4.69) is 15.3 Å². The van der Waals surface area contributed by atoms with Crippen molar-refractivity contribution in [3.63, 3.8) is 0 Å². The van der Waals surface area contributed by atoms with Crippen LogP contribution < -0.4 is 5.32 Å². The Labute approximate surface area is 107 Å².